The first-order valence-electron chi connectivity index (χ1n) is 6.58. The molecule has 0 amide bonds. The van der Waals surface area contributed by atoms with Crippen molar-refractivity contribution < 1.29 is 30.0 Å². The van der Waals surface area contributed by atoms with Crippen LogP contribution >= 0.6 is 0 Å². The van der Waals surface area contributed by atoms with Crippen molar-refractivity contribution in [2.75, 3.05) is 0 Å². The van der Waals surface area contributed by atoms with Gasteiger partial charge in [0.05, 0.1) is 11.4 Å². The van der Waals surface area contributed by atoms with Crippen LogP contribution in [0.1, 0.15) is 20.7 Å². The van der Waals surface area contributed by atoms with Gasteiger partial charge in [0, 0.05) is 35.5 Å². The van der Waals surface area contributed by atoms with E-state index in [1.807, 2.05) is 0 Å². The van der Waals surface area contributed by atoms with Crippen molar-refractivity contribution in [3.63, 3.8) is 0 Å². The second kappa shape index (κ2) is 8.80. The number of nitrogens with zero attached hydrogens (tertiary/aromatic N) is 2. The number of hydrogen-bond donors (Lipinski definition) is 4. The van der Waals surface area contributed by atoms with Gasteiger partial charge in [-0.1, -0.05) is 0 Å². The molecule has 0 unspecified atom stereocenters. The summed E-state index contributed by atoms with van der Waals surface area (Å²) in [6.07, 6.45) is 2.57. The molecule has 4 N–H and O–H groups in total. The molecule has 0 aromatic heterocycles. The second-order valence-electron chi connectivity index (χ2n) is 4.57. The molecule has 25 heavy (non-hydrogen) atoms. The molecule has 0 bridgehead atoms. The van der Waals surface area contributed by atoms with Crippen molar-refractivity contribution in [3.05, 3.63) is 47.5 Å². The Bertz CT molecular complexity index is 792. The Hall–Kier alpha value is -2.91. The first-order chi connectivity index (χ1) is 11.4. The maximum Gasteiger partial charge on any atom is 0.339 e. The van der Waals surface area contributed by atoms with E-state index in [1.54, 1.807) is 0 Å². The number of benzene rings is 2. The lowest BCUT2D eigenvalue weighted by Crippen LogP contribution is -1.96. The third kappa shape index (κ3) is 5.30. The minimum Gasteiger partial charge on any atom is -0.507 e. The molecule has 0 fully saturated rings. The molecule has 0 aliphatic rings. The number of carboxylic acid groups (broad SMARTS) is 2. The van der Waals surface area contributed by atoms with Crippen LogP contribution in [0.3, 0.4) is 0 Å². The fourth-order valence-electron chi connectivity index (χ4n) is 1.79. The van der Waals surface area contributed by atoms with Crippen LogP contribution in [0.25, 0.3) is 0 Å². The number of carboxylic acids is 2. The molecule has 0 saturated carbocycles. The molecule has 8 nitrogen and oxygen atoms in total. The molecule has 124 valence electrons. The Labute approximate surface area is 158 Å². The first kappa shape index (κ1) is 20.1. The zero-order chi connectivity index (χ0) is 17.7. The van der Waals surface area contributed by atoms with E-state index in [9.17, 15) is 19.8 Å². The average Bonchev–Trinajstić information content (AvgIpc) is 2.53. The van der Waals surface area contributed by atoms with E-state index in [4.69, 9.17) is 10.2 Å². The van der Waals surface area contributed by atoms with Gasteiger partial charge in [-0.2, -0.15) is 0 Å². The first-order valence-corrected chi connectivity index (χ1v) is 6.58. The molecular weight excluding hydrogens is 340 g/mol. The maximum absolute atomic E-state index is 10.9. The van der Waals surface area contributed by atoms with E-state index < -0.39 is 11.9 Å². The number of hydrogen-bond acceptors (Lipinski definition) is 6. The smallest absolute Gasteiger partial charge is 0.339 e. The monoisotopic (exact) mass is 352 g/mol. The van der Waals surface area contributed by atoms with Gasteiger partial charge in [0.2, 0.25) is 0 Å². The summed E-state index contributed by atoms with van der Waals surface area (Å²) in [6, 6.07) is 7.68. The second-order valence-corrected chi connectivity index (χ2v) is 4.57. The number of phenols is 2. The van der Waals surface area contributed by atoms with Crippen LogP contribution in [0.5, 0.6) is 11.5 Å². The lowest BCUT2D eigenvalue weighted by atomic mass is 10.2. The molecule has 2 aromatic rings. The highest BCUT2D eigenvalue weighted by Gasteiger charge is 2.10. The molecular formula is C16H12MgN2O6. The van der Waals surface area contributed by atoms with Gasteiger partial charge in [0.25, 0.3) is 0 Å². The minimum atomic E-state index is -1.27. The summed E-state index contributed by atoms with van der Waals surface area (Å²) < 4.78 is 0. The van der Waals surface area contributed by atoms with Crippen LogP contribution in [0.4, 0.5) is 11.4 Å². The minimum absolute atomic E-state index is 0. The van der Waals surface area contributed by atoms with Gasteiger partial charge in [-0.05, 0) is 36.4 Å². The van der Waals surface area contributed by atoms with Crippen molar-refractivity contribution in [1.82, 2.24) is 0 Å². The standard InChI is InChI=1S/C16H12N2O6.Mg/c19-13-3-1-9(7-11(13)15(21)22)17-5-6-18-10-2-4-14(20)12(8-10)16(23)24;/h1-8,19-20H,(H,21,22)(H,23,24);. The third-order valence-corrected chi connectivity index (χ3v) is 2.93. The highest BCUT2D eigenvalue weighted by Crippen LogP contribution is 2.24. The van der Waals surface area contributed by atoms with Crippen LogP contribution in [0.15, 0.2) is 46.4 Å². The van der Waals surface area contributed by atoms with Crippen molar-refractivity contribution >= 4 is 58.8 Å². The summed E-state index contributed by atoms with van der Waals surface area (Å²) in [6.45, 7) is 0. The molecule has 9 heteroatoms. The van der Waals surface area contributed by atoms with E-state index in [0.29, 0.717) is 11.4 Å². The van der Waals surface area contributed by atoms with E-state index in [1.165, 1.54) is 48.8 Å². The molecule has 0 saturated heterocycles. The lowest BCUT2D eigenvalue weighted by molar-refractivity contribution is 0.0682. The summed E-state index contributed by atoms with van der Waals surface area (Å²) in [5, 5.41) is 36.6. The molecule has 2 radical (unpaired) electrons. The molecule has 0 atom stereocenters. The third-order valence-electron chi connectivity index (χ3n) is 2.93. The van der Waals surface area contributed by atoms with Crippen LogP contribution in [-0.4, -0.2) is 67.8 Å². The van der Waals surface area contributed by atoms with Gasteiger partial charge in [-0.3, -0.25) is 9.98 Å². The highest BCUT2D eigenvalue weighted by molar-refractivity contribution is 6.17. The Morgan fingerprint density at radius 2 is 1.12 bits per heavy atom. The van der Waals surface area contributed by atoms with Gasteiger partial charge in [0.15, 0.2) is 0 Å². The zero-order valence-corrected chi connectivity index (χ0v) is 14.2. The number of carbonyl (C=O) groups is 2. The van der Waals surface area contributed by atoms with Gasteiger partial charge >= 0.3 is 11.9 Å². The predicted molar refractivity (Wildman–Crippen MR) is 92.2 cm³/mol. The van der Waals surface area contributed by atoms with Crippen molar-refractivity contribution in [2.24, 2.45) is 9.98 Å². The van der Waals surface area contributed by atoms with E-state index in [-0.39, 0.29) is 45.7 Å². The Morgan fingerprint density at radius 1 is 0.760 bits per heavy atom. The Balaban J connectivity index is 0.00000312. The zero-order valence-electron chi connectivity index (χ0n) is 12.8. The molecule has 0 spiro atoms. The fourth-order valence-corrected chi connectivity index (χ4v) is 1.79. The molecule has 0 heterocycles. The van der Waals surface area contributed by atoms with Gasteiger partial charge < -0.3 is 20.4 Å². The Kier molecular flexibility index (Phi) is 7.09. The van der Waals surface area contributed by atoms with E-state index >= 15 is 0 Å². The van der Waals surface area contributed by atoms with Crippen LogP contribution in [0, 0.1) is 0 Å². The molecule has 2 aromatic carbocycles. The number of rotatable bonds is 5. The van der Waals surface area contributed by atoms with E-state index in [0.717, 1.165) is 0 Å². The number of aliphatic imine (C=N–C) groups is 2. The molecule has 0 aliphatic carbocycles. The van der Waals surface area contributed by atoms with Crippen molar-refractivity contribution in [2.45, 2.75) is 0 Å². The fraction of sp³-hybridized carbons (Fsp3) is 0. The van der Waals surface area contributed by atoms with Gasteiger partial charge in [0.1, 0.15) is 22.6 Å². The maximum atomic E-state index is 10.9. The molecule has 2 rings (SSSR count). The molecule has 0 aliphatic heterocycles. The summed E-state index contributed by atoms with van der Waals surface area (Å²) in [7, 11) is 0. The SMILES string of the molecule is O=C(O)c1cc(N=CC=Nc2ccc(O)c(C(=O)O)c2)ccc1O.[Mg]. The lowest BCUT2D eigenvalue weighted by Gasteiger charge is -2.00. The van der Waals surface area contributed by atoms with E-state index in [2.05, 4.69) is 9.98 Å². The summed E-state index contributed by atoms with van der Waals surface area (Å²) in [5.74, 6) is -3.27. The van der Waals surface area contributed by atoms with Crippen molar-refractivity contribution in [3.8, 4) is 11.5 Å². The average molecular weight is 353 g/mol. The van der Waals surface area contributed by atoms with Crippen LogP contribution < -0.4 is 0 Å². The summed E-state index contributed by atoms with van der Waals surface area (Å²) >= 11 is 0. The van der Waals surface area contributed by atoms with Crippen LogP contribution in [-0.2, 0) is 0 Å². The van der Waals surface area contributed by atoms with Gasteiger partial charge in [-0.15, -0.1) is 0 Å². The van der Waals surface area contributed by atoms with Crippen LogP contribution in [0.2, 0.25) is 0 Å². The van der Waals surface area contributed by atoms with Gasteiger partial charge in [-0.25, -0.2) is 9.59 Å². The summed E-state index contributed by atoms with van der Waals surface area (Å²) in [5.41, 5.74) is 0.0552. The Morgan fingerprint density at radius 3 is 1.44 bits per heavy atom. The largest absolute Gasteiger partial charge is 0.507 e. The predicted octanol–water partition coefficient (Wildman–Crippen LogP) is 2.22. The summed E-state index contributed by atoms with van der Waals surface area (Å²) in [4.78, 5) is 29.7. The number of aromatic carboxylic acids is 2. The highest BCUT2D eigenvalue weighted by atomic mass is 24.3. The quantitative estimate of drug-likeness (QED) is 0.480. The number of aromatic hydroxyl groups is 2. The topological polar surface area (TPSA) is 140 Å². The van der Waals surface area contributed by atoms with Crippen molar-refractivity contribution in [1.29, 1.82) is 0 Å². The normalized spacial score (nSPS) is 10.7.